The van der Waals surface area contributed by atoms with E-state index in [4.69, 9.17) is 5.11 Å². The van der Waals surface area contributed by atoms with E-state index in [0.29, 0.717) is 5.75 Å². The first-order valence-electron chi connectivity index (χ1n) is 1.71. The number of hydrogen-bond donors (Lipinski definition) is 1. The minimum absolute atomic E-state index is 0.0364. The van der Waals surface area contributed by atoms with E-state index < -0.39 is 6.69 Å². The van der Waals surface area contributed by atoms with Gasteiger partial charge in [-0.15, -0.1) is 0 Å². The van der Waals surface area contributed by atoms with Gasteiger partial charge in [0.1, 0.15) is 0 Å². The second-order valence-electron chi connectivity index (χ2n) is 1.15. The molecular weight excluding hydrogens is 227 g/mol. The summed E-state index contributed by atoms with van der Waals surface area (Å²) >= 11 is 1.73. The fourth-order valence-corrected chi connectivity index (χ4v) is 1.000. The van der Waals surface area contributed by atoms with Crippen molar-refractivity contribution in [3.63, 3.8) is 0 Å². The van der Waals surface area contributed by atoms with Crippen LogP contribution >= 0.6 is 21.2 Å². The van der Waals surface area contributed by atoms with Gasteiger partial charge in [-0.1, -0.05) is 0 Å². The fourth-order valence-electron chi connectivity index (χ4n) is 0.136. The molecule has 0 fully saturated rings. The lowest BCUT2D eigenvalue weighted by atomic mass is 10.9. The van der Waals surface area contributed by atoms with E-state index in [-0.39, 0.29) is 6.61 Å². The van der Waals surface area contributed by atoms with Gasteiger partial charge in [0.2, 0.25) is 0 Å². The summed E-state index contributed by atoms with van der Waals surface area (Å²) in [5.74, 6) is 3.61. The minimum Gasteiger partial charge on any atom is -0.395 e. The van der Waals surface area contributed by atoms with Crippen molar-refractivity contribution in [3.05, 3.63) is 0 Å². The van der Waals surface area contributed by atoms with Gasteiger partial charge >= 0.3 is 0 Å². The van der Waals surface area contributed by atoms with Crippen LogP contribution in [-0.2, 0) is 6.69 Å². The zero-order chi connectivity index (χ0) is 5.91. The summed E-state index contributed by atoms with van der Waals surface area (Å²) in [4.78, 5) is 0. The first-order valence-corrected chi connectivity index (χ1v) is 6.15. The zero-order valence-electron chi connectivity index (χ0n) is 3.76. The summed E-state index contributed by atoms with van der Waals surface area (Å²) in [5.41, 5.74) is 0. The van der Waals surface area contributed by atoms with Gasteiger partial charge in [0.05, 0.1) is 6.61 Å². The summed E-state index contributed by atoms with van der Waals surface area (Å²) in [6, 6.07) is 0. The maximum absolute atomic E-state index is 10.5. The molecule has 0 bridgehead atoms. The molecule has 7 heavy (non-hydrogen) atoms. The average Bonchev–Trinajstić information content (AvgIpc) is 1.30. The maximum Gasteiger partial charge on any atom is 0.0548 e. The lowest BCUT2D eigenvalue weighted by Gasteiger charge is -1.91. The Labute approximate surface area is 55.5 Å². The number of aliphatic hydroxyl groups is 1. The lowest BCUT2D eigenvalue weighted by Crippen LogP contribution is -1.99. The van der Waals surface area contributed by atoms with E-state index in [9.17, 15) is 4.21 Å². The van der Waals surface area contributed by atoms with Crippen molar-refractivity contribution in [2.45, 2.75) is 0 Å². The molecule has 44 valence electrons. The Morgan fingerprint density at radius 2 is 2.29 bits per heavy atom. The van der Waals surface area contributed by atoms with Crippen LogP contribution in [-0.4, -0.2) is 27.5 Å². The molecule has 2 nitrogen and oxygen atoms in total. The maximum atomic E-state index is 10.5. The van der Waals surface area contributed by atoms with E-state index in [1.807, 2.05) is 0 Å². The molecule has 0 heterocycles. The minimum atomic E-state index is -1.95. The monoisotopic (exact) mass is 234 g/mol. The predicted molar refractivity (Wildman–Crippen MR) is 41.2 cm³/mol. The van der Waals surface area contributed by atoms with Crippen LogP contribution in [0.1, 0.15) is 0 Å². The highest BCUT2D eigenvalue weighted by Crippen LogP contribution is 1.98. The van der Waals surface area contributed by atoms with Crippen molar-refractivity contribution >= 4 is 33.8 Å². The van der Waals surface area contributed by atoms with Gasteiger partial charge in [-0.25, -0.2) is 0 Å². The van der Waals surface area contributed by atoms with Crippen LogP contribution in [0.3, 0.4) is 0 Å². The summed E-state index contributed by atoms with van der Waals surface area (Å²) in [7, 11) is 0. The molecule has 0 amide bonds. The van der Waals surface area contributed by atoms with Crippen LogP contribution < -0.4 is 0 Å². The molecule has 0 aliphatic rings. The third-order valence-electron chi connectivity index (χ3n) is 0.396. The van der Waals surface area contributed by atoms with Gasteiger partial charge in [-0.2, -0.15) is 0 Å². The summed E-state index contributed by atoms with van der Waals surface area (Å²) in [5, 5.41) is 8.18. The molecule has 0 aliphatic heterocycles. The topological polar surface area (TPSA) is 37.3 Å². The highest BCUT2D eigenvalue weighted by atomic mass is 127. The highest BCUT2D eigenvalue weighted by molar-refractivity contribution is 14.2. The quantitative estimate of drug-likeness (QED) is 0.416. The molecule has 0 aromatic carbocycles. The van der Waals surface area contributed by atoms with E-state index in [2.05, 4.69) is 5.87 Å². The van der Waals surface area contributed by atoms with Crippen LogP contribution in [0.4, 0.5) is 0 Å². The standard InChI is InChI=1S/C3H7IO2S/c1-7(4,6)3-2-5/h5H,1-3H2. The molecule has 1 unspecified atom stereocenters. The SMILES string of the molecule is C=S(=O)(I)CCO. The molecule has 0 radical (unpaired) electrons. The van der Waals surface area contributed by atoms with Gasteiger partial charge < -0.3 is 5.11 Å². The predicted octanol–water partition coefficient (Wildman–Crippen LogP) is 0.0451. The fraction of sp³-hybridized carbons (Fsp3) is 0.667. The van der Waals surface area contributed by atoms with Crippen molar-refractivity contribution in [2.24, 2.45) is 0 Å². The van der Waals surface area contributed by atoms with Crippen LogP contribution in [0.25, 0.3) is 0 Å². The number of rotatable bonds is 2. The Kier molecular flexibility index (Phi) is 3.18. The third kappa shape index (κ3) is 6.71. The highest BCUT2D eigenvalue weighted by Gasteiger charge is 1.91. The molecular formula is C3H7IO2S. The summed E-state index contributed by atoms with van der Waals surface area (Å²) in [6.45, 7) is -1.99. The van der Waals surface area contributed by atoms with Gasteiger partial charge in [-0.05, 0) is 5.87 Å². The van der Waals surface area contributed by atoms with Crippen LogP contribution in [0.2, 0.25) is 0 Å². The Morgan fingerprint density at radius 1 is 1.86 bits per heavy atom. The van der Waals surface area contributed by atoms with Gasteiger partial charge in [-0.3, -0.25) is 4.21 Å². The first-order chi connectivity index (χ1) is 3.06. The second kappa shape index (κ2) is 2.88. The normalized spacial score (nSPS) is 18.6. The van der Waals surface area contributed by atoms with Crippen LogP contribution in [0.15, 0.2) is 0 Å². The first kappa shape index (κ1) is 7.71. The zero-order valence-corrected chi connectivity index (χ0v) is 6.74. The van der Waals surface area contributed by atoms with Crippen molar-refractivity contribution in [1.29, 1.82) is 0 Å². The van der Waals surface area contributed by atoms with Crippen molar-refractivity contribution in [3.8, 4) is 0 Å². The molecule has 0 aliphatic carbocycles. The Morgan fingerprint density at radius 3 is 2.29 bits per heavy atom. The lowest BCUT2D eigenvalue weighted by molar-refractivity contribution is 0.321. The third-order valence-corrected chi connectivity index (χ3v) is 2.51. The smallest absolute Gasteiger partial charge is 0.0548 e. The number of halogens is 1. The van der Waals surface area contributed by atoms with Gasteiger partial charge in [0.15, 0.2) is 0 Å². The van der Waals surface area contributed by atoms with Crippen molar-refractivity contribution in [2.75, 3.05) is 12.4 Å². The van der Waals surface area contributed by atoms with E-state index in [0.717, 1.165) is 0 Å². The van der Waals surface area contributed by atoms with Crippen molar-refractivity contribution in [1.82, 2.24) is 0 Å². The van der Waals surface area contributed by atoms with Crippen LogP contribution in [0.5, 0.6) is 0 Å². The van der Waals surface area contributed by atoms with E-state index in [1.54, 1.807) is 21.2 Å². The molecule has 0 rings (SSSR count). The van der Waals surface area contributed by atoms with E-state index >= 15 is 0 Å². The number of aliphatic hydroxyl groups excluding tert-OH is 1. The Balaban J connectivity index is 3.60. The molecule has 1 atom stereocenters. The molecule has 0 saturated carbocycles. The van der Waals surface area contributed by atoms with Gasteiger partial charge in [0.25, 0.3) is 0 Å². The number of hydrogen-bond acceptors (Lipinski definition) is 2. The average molecular weight is 234 g/mol. The Hall–Kier alpha value is 0.710. The molecule has 0 aromatic heterocycles. The van der Waals surface area contributed by atoms with Crippen LogP contribution in [0, 0.1) is 0 Å². The summed E-state index contributed by atoms with van der Waals surface area (Å²) < 4.78 is 10.5. The molecule has 0 saturated heterocycles. The van der Waals surface area contributed by atoms with Gasteiger partial charge in [0, 0.05) is 33.7 Å². The largest absolute Gasteiger partial charge is 0.395 e. The molecule has 0 aromatic rings. The van der Waals surface area contributed by atoms with E-state index in [1.165, 1.54) is 0 Å². The summed E-state index contributed by atoms with van der Waals surface area (Å²) in [6.07, 6.45) is 0. The second-order valence-corrected chi connectivity index (χ2v) is 7.81. The van der Waals surface area contributed by atoms with Crippen molar-refractivity contribution < 1.29 is 9.32 Å². The molecule has 4 heteroatoms. The molecule has 0 spiro atoms. The Bertz CT molecular complexity index is 126. The molecule has 1 N–H and O–H groups in total.